The van der Waals surface area contributed by atoms with Crippen molar-refractivity contribution in [3.8, 4) is 0 Å². The third kappa shape index (κ3) is 2.89. The Balaban J connectivity index is 2.34. The van der Waals surface area contributed by atoms with E-state index < -0.39 is 28.6 Å². The summed E-state index contributed by atoms with van der Waals surface area (Å²) < 4.78 is 53.9. The molecule has 1 unspecified atom stereocenters. The molecule has 0 saturated heterocycles. The summed E-state index contributed by atoms with van der Waals surface area (Å²) in [5, 5.41) is -1.19. The molecule has 0 aliphatic heterocycles. The molecule has 0 aliphatic rings. The lowest BCUT2D eigenvalue weighted by molar-refractivity contribution is 0.531. The first kappa shape index (κ1) is 13.9. The van der Waals surface area contributed by atoms with Crippen LogP contribution < -0.4 is 0 Å². The Bertz CT molecular complexity index is 557. The summed E-state index contributed by atoms with van der Waals surface area (Å²) in [6.45, 7) is 0. The summed E-state index contributed by atoms with van der Waals surface area (Å²) in [6.07, 6.45) is -0.335. The van der Waals surface area contributed by atoms with Crippen LogP contribution in [0.1, 0.15) is 16.5 Å². The summed E-state index contributed by atoms with van der Waals surface area (Å²) in [6, 6.07) is 6.64. The molecule has 0 fully saturated rings. The van der Waals surface area contributed by atoms with Gasteiger partial charge in [0.2, 0.25) is 0 Å². The fraction of sp³-hybridized carbons (Fsp3) is 0.143. The molecule has 0 spiro atoms. The summed E-state index contributed by atoms with van der Waals surface area (Å²) in [7, 11) is 0. The van der Waals surface area contributed by atoms with Crippen molar-refractivity contribution in [2.45, 2.75) is 11.8 Å². The number of rotatable bonds is 3. The van der Waals surface area contributed by atoms with Gasteiger partial charge in [0.15, 0.2) is 0 Å². The second-order valence-electron chi connectivity index (χ2n) is 4.01. The van der Waals surface area contributed by atoms with Gasteiger partial charge in [-0.15, -0.1) is 11.6 Å². The van der Waals surface area contributed by atoms with Crippen LogP contribution in [0.2, 0.25) is 0 Å². The molecule has 100 valence electrons. The molecule has 0 bridgehead atoms. The lowest BCUT2D eigenvalue weighted by Gasteiger charge is -2.13. The number of hydrogen-bond donors (Lipinski definition) is 0. The van der Waals surface area contributed by atoms with E-state index in [1.54, 1.807) is 0 Å². The maximum atomic E-state index is 13.5. The Morgan fingerprint density at radius 3 is 1.68 bits per heavy atom. The fourth-order valence-corrected chi connectivity index (χ4v) is 2.18. The summed E-state index contributed by atoms with van der Waals surface area (Å²) in [5.41, 5.74) is -0.669. The summed E-state index contributed by atoms with van der Waals surface area (Å²) in [5.74, 6) is -3.25. The van der Waals surface area contributed by atoms with Crippen LogP contribution >= 0.6 is 11.6 Å². The average molecular weight is 289 g/mol. The van der Waals surface area contributed by atoms with E-state index in [0.29, 0.717) is 0 Å². The largest absolute Gasteiger partial charge is 0.207 e. The van der Waals surface area contributed by atoms with Crippen LogP contribution in [-0.2, 0) is 6.42 Å². The van der Waals surface area contributed by atoms with E-state index in [0.717, 1.165) is 24.3 Å². The van der Waals surface area contributed by atoms with Crippen LogP contribution in [-0.4, -0.2) is 0 Å². The first-order valence-corrected chi connectivity index (χ1v) is 5.95. The van der Waals surface area contributed by atoms with Gasteiger partial charge in [-0.1, -0.05) is 12.1 Å². The Kier molecular flexibility index (Phi) is 4.10. The number of alkyl halides is 1. The SMILES string of the molecule is Fc1cccc(F)c1CC(Cl)c1c(F)cccc1F. The van der Waals surface area contributed by atoms with Crippen LogP contribution in [0.3, 0.4) is 0 Å². The lowest BCUT2D eigenvalue weighted by Crippen LogP contribution is -2.05. The van der Waals surface area contributed by atoms with Gasteiger partial charge in [0.05, 0.1) is 5.38 Å². The van der Waals surface area contributed by atoms with Crippen molar-refractivity contribution in [3.63, 3.8) is 0 Å². The van der Waals surface area contributed by atoms with E-state index in [2.05, 4.69) is 0 Å². The van der Waals surface area contributed by atoms with Crippen LogP contribution in [0.25, 0.3) is 0 Å². The Morgan fingerprint density at radius 2 is 1.21 bits per heavy atom. The Labute approximate surface area is 112 Å². The van der Waals surface area contributed by atoms with Gasteiger partial charge in [0.25, 0.3) is 0 Å². The zero-order valence-electron chi connectivity index (χ0n) is 9.64. The summed E-state index contributed by atoms with van der Waals surface area (Å²) >= 11 is 5.88. The van der Waals surface area contributed by atoms with Crippen molar-refractivity contribution >= 4 is 11.6 Å². The molecule has 0 saturated carbocycles. The highest BCUT2D eigenvalue weighted by Crippen LogP contribution is 2.30. The molecule has 0 radical (unpaired) electrons. The van der Waals surface area contributed by atoms with E-state index in [1.807, 2.05) is 0 Å². The van der Waals surface area contributed by atoms with E-state index in [4.69, 9.17) is 11.6 Å². The highest BCUT2D eigenvalue weighted by Gasteiger charge is 2.21. The highest BCUT2D eigenvalue weighted by molar-refractivity contribution is 6.21. The molecule has 2 rings (SSSR count). The van der Waals surface area contributed by atoms with Crippen molar-refractivity contribution in [2.24, 2.45) is 0 Å². The second-order valence-corrected chi connectivity index (χ2v) is 4.53. The molecule has 19 heavy (non-hydrogen) atoms. The molecule has 2 aromatic rings. The van der Waals surface area contributed by atoms with Gasteiger partial charge in [0.1, 0.15) is 23.3 Å². The smallest absolute Gasteiger partial charge is 0.130 e. The topological polar surface area (TPSA) is 0 Å². The van der Waals surface area contributed by atoms with Crippen LogP contribution in [0.4, 0.5) is 17.6 Å². The predicted molar refractivity (Wildman–Crippen MR) is 65.0 cm³/mol. The van der Waals surface area contributed by atoms with Gasteiger partial charge in [-0.3, -0.25) is 0 Å². The quantitative estimate of drug-likeness (QED) is 0.564. The Morgan fingerprint density at radius 1 is 0.789 bits per heavy atom. The number of hydrogen-bond acceptors (Lipinski definition) is 0. The minimum Gasteiger partial charge on any atom is -0.207 e. The summed E-state index contributed by atoms with van der Waals surface area (Å²) in [4.78, 5) is 0. The predicted octanol–water partition coefficient (Wildman–Crippen LogP) is 4.77. The van der Waals surface area contributed by atoms with Crippen LogP contribution in [0, 0.1) is 23.3 Å². The maximum absolute atomic E-state index is 13.5. The van der Waals surface area contributed by atoms with E-state index in [1.165, 1.54) is 12.1 Å². The normalized spacial score (nSPS) is 12.5. The van der Waals surface area contributed by atoms with E-state index in [-0.39, 0.29) is 17.5 Å². The first-order chi connectivity index (χ1) is 9.00. The average Bonchev–Trinajstić information content (AvgIpc) is 2.34. The molecule has 0 amide bonds. The Hall–Kier alpha value is -1.55. The van der Waals surface area contributed by atoms with Gasteiger partial charge >= 0.3 is 0 Å². The molecule has 0 heterocycles. The van der Waals surface area contributed by atoms with Gasteiger partial charge in [-0.05, 0) is 30.7 Å². The van der Waals surface area contributed by atoms with Crippen molar-refractivity contribution in [3.05, 3.63) is 70.8 Å². The monoisotopic (exact) mass is 288 g/mol. The minimum atomic E-state index is -1.19. The van der Waals surface area contributed by atoms with E-state index >= 15 is 0 Å². The van der Waals surface area contributed by atoms with Crippen LogP contribution in [0.5, 0.6) is 0 Å². The molecular weight excluding hydrogens is 280 g/mol. The van der Waals surface area contributed by atoms with Gasteiger partial charge in [-0.25, -0.2) is 17.6 Å². The number of benzene rings is 2. The van der Waals surface area contributed by atoms with Crippen molar-refractivity contribution in [1.82, 2.24) is 0 Å². The van der Waals surface area contributed by atoms with Gasteiger partial charge in [0, 0.05) is 11.1 Å². The molecule has 5 heteroatoms. The lowest BCUT2D eigenvalue weighted by atomic mass is 10.0. The third-order valence-electron chi connectivity index (χ3n) is 2.76. The minimum absolute atomic E-state index is 0.287. The fourth-order valence-electron chi connectivity index (χ4n) is 1.82. The molecule has 0 aliphatic carbocycles. The standard InChI is InChI=1S/C14H9ClF4/c15-9(14-12(18)5-2-6-13(14)19)7-8-10(16)3-1-4-11(8)17/h1-6,9H,7H2. The third-order valence-corrected chi connectivity index (χ3v) is 3.13. The van der Waals surface area contributed by atoms with Crippen molar-refractivity contribution in [1.29, 1.82) is 0 Å². The van der Waals surface area contributed by atoms with Gasteiger partial charge in [-0.2, -0.15) is 0 Å². The second kappa shape index (κ2) is 5.61. The molecule has 0 nitrogen and oxygen atoms in total. The maximum Gasteiger partial charge on any atom is 0.130 e. The van der Waals surface area contributed by atoms with Crippen molar-refractivity contribution in [2.75, 3.05) is 0 Å². The van der Waals surface area contributed by atoms with Crippen LogP contribution in [0.15, 0.2) is 36.4 Å². The molecule has 2 aromatic carbocycles. The highest BCUT2D eigenvalue weighted by atomic mass is 35.5. The molecule has 1 atom stereocenters. The first-order valence-electron chi connectivity index (χ1n) is 5.51. The number of halogens is 5. The van der Waals surface area contributed by atoms with Crippen molar-refractivity contribution < 1.29 is 17.6 Å². The van der Waals surface area contributed by atoms with E-state index in [9.17, 15) is 17.6 Å². The molecule has 0 N–H and O–H groups in total. The molecule has 0 aromatic heterocycles. The zero-order chi connectivity index (χ0) is 14.0. The zero-order valence-corrected chi connectivity index (χ0v) is 10.4. The van der Waals surface area contributed by atoms with Gasteiger partial charge < -0.3 is 0 Å². The molecular formula is C14H9ClF4.